The summed E-state index contributed by atoms with van der Waals surface area (Å²) in [5.41, 5.74) is 3.01. The third kappa shape index (κ3) is 4.74. The molecular formula is C30H28Cl2N4O4. The van der Waals surface area contributed by atoms with Crippen molar-refractivity contribution in [2.75, 3.05) is 13.7 Å². The van der Waals surface area contributed by atoms with Crippen molar-refractivity contribution in [3.63, 3.8) is 0 Å². The number of aryl methyl sites for hydroxylation is 2. The van der Waals surface area contributed by atoms with Crippen LogP contribution >= 0.6 is 23.2 Å². The van der Waals surface area contributed by atoms with Crippen LogP contribution < -0.4 is 20.6 Å². The number of aromatic amines is 2. The average molecular weight is 579 g/mol. The van der Waals surface area contributed by atoms with E-state index in [1.807, 2.05) is 13.0 Å². The number of rotatable bonds is 8. The largest absolute Gasteiger partial charge is 0.493 e. The van der Waals surface area contributed by atoms with Crippen LogP contribution in [0.1, 0.15) is 40.9 Å². The van der Waals surface area contributed by atoms with Crippen LogP contribution in [-0.2, 0) is 0 Å². The lowest BCUT2D eigenvalue weighted by atomic mass is 9.85. The second-order valence-corrected chi connectivity index (χ2v) is 10.1. The summed E-state index contributed by atoms with van der Waals surface area (Å²) in [7, 11) is 1.55. The fourth-order valence-electron chi connectivity index (χ4n) is 5.02. The van der Waals surface area contributed by atoms with Crippen LogP contribution in [0.15, 0.2) is 76.3 Å². The number of halogens is 2. The van der Waals surface area contributed by atoms with Gasteiger partial charge in [-0.2, -0.15) is 0 Å². The SMILES string of the molecule is CCOc1ccc(C(c2c(C)[nH]n(-c3ccccc3Cl)c2=O)c2c(C)[nH]n(-c3ccccc3Cl)c2=O)cc1OC. The average Bonchev–Trinajstić information content (AvgIpc) is 3.40. The zero-order valence-corrected chi connectivity index (χ0v) is 23.9. The Balaban J connectivity index is 1.80. The summed E-state index contributed by atoms with van der Waals surface area (Å²) >= 11 is 12.9. The fraction of sp³-hybridized carbons (Fsp3) is 0.200. The molecule has 0 fully saturated rings. The van der Waals surface area contributed by atoms with E-state index in [2.05, 4.69) is 10.2 Å². The molecule has 2 aromatic heterocycles. The van der Waals surface area contributed by atoms with Gasteiger partial charge < -0.3 is 9.47 Å². The van der Waals surface area contributed by atoms with Crippen molar-refractivity contribution in [3.8, 4) is 22.9 Å². The van der Waals surface area contributed by atoms with Gasteiger partial charge >= 0.3 is 0 Å². The van der Waals surface area contributed by atoms with Gasteiger partial charge in [-0.05, 0) is 62.7 Å². The van der Waals surface area contributed by atoms with Crippen molar-refractivity contribution in [2.24, 2.45) is 0 Å². The molecule has 40 heavy (non-hydrogen) atoms. The standard InChI is InChI=1S/C30H28Cl2N4O4/c1-5-40-24-15-14-19(16-25(24)39-4)28(26-17(2)33-35(29(26)37)22-12-8-6-10-20(22)31)27-18(3)34-36(30(27)38)23-13-9-7-11-21(23)32/h6-16,28,33-34H,5H2,1-4H3. The lowest BCUT2D eigenvalue weighted by Gasteiger charge is -2.18. The van der Waals surface area contributed by atoms with Gasteiger partial charge in [-0.1, -0.05) is 53.5 Å². The Morgan fingerprint density at radius 2 is 1.27 bits per heavy atom. The number of hydrogen-bond acceptors (Lipinski definition) is 4. The molecule has 206 valence electrons. The molecule has 5 rings (SSSR count). The first-order valence-electron chi connectivity index (χ1n) is 12.7. The van der Waals surface area contributed by atoms with Gasteiger partial charge in [0.15, 0.2) is 11.5 Å². The van der Waals surface area contributed by atoms with Crippen molar-refractivity contribution >= 4 is 23.2 Å². The zero-order chi connectivity index (χ0) is 28.6. The van der Waals surface area contributed by atoms with Gasteiger partial charge in [-0.25, -0.2) is 9.36 Å². The molecule has 0 spiro atoms. The Morgan fingerprint density at radius 1 is 0.775 bits per heavy atom. The fourth-order valence-corrected chi connectivity index (χ4v) is 5.46. The molecule has 2 heterocycles. The minimum Gasteiger partial charge on any atom is -0.493 e. The Morgan fingerprint density at radius 3 is 1.73 bits per heavy atom. The maximum Gasteiger partial charge on any atom is 0.275 e. The van der Waals surface area contributed by atoms with Gasteiger partial charge in [0.2, 0.25) is 0 Å². The van der Waals surface area contributed by atoms with Gasteiger partial charge in [0.25, 0.3) is 11.1 Å². The lowest BCUT2D eigenvalue weighted by molar-refractivity contribution is 0.310. The first-order chi connectivity index (χ1) is 19.3. The molecule has 0 saturated carbocycles. The molecule has 0 aliphatic rings. The van der Waals surface area contributed by atoms with Crippen LogP contribution in [-0.4, -0.2) is 33.3 Å². The molecule has 0 unspecified atom stereocenters. The van der Waals surface area contributed by atoms with E-state index in [0.29, 0.717) is 67.6 Å². The van der Waals surface area contributed by atoms with Crippen molar-refractivity contribution < 1.29 is 9.47 Å². The molecule has 0 aliphatic heterocycles. The Kier molecular flexibility index (Phi) is 7.65. The highest BCUT2D eigenvalue weighted by atomic mass is 35.5. The number of nitrogens with zero attached hydrogens (tertiary/aromatic N) is 2. The number of aromatic nitrogens is 4. The van der Waals surface area contributed by atoms with Crippen molar-refractivity contribution in [1.82, 2.24) is 19.6 Å². The van der Waals surface area contributed by atoms with Gasteiger partial charge in [0.05, 0.1) is 46.3 Å². The van der Waals surface area contributed by atoms with E-state index in [1.165, 1.54) is 9.36 Å². The Bertz CT molecular complexity index is 1710. The van der Waals surface area contributed by atoms with Gasteiger partial charge in [0.1, 0.15) is 0 Å². The van der Waals surface area contributed by atoms with Gasteiger partial charge in [0, 0.05) is 17.3 Å². The molecule has 0 atom stereocenters. The van der Waals surface area contributed by atoms with E-state index in [0.717, 1.165) is 0 Å². The molecule has 0 aliphatic carbocycles. The van der Waals surface area contributed by atoms with E-state index in [1.54, 1.807) is 81.6 Å². The first-order valence-corrected chi connectivity index (χ1v) is 13.5. The van der Waals surface area contributed by atoms with Crippen LogP contribution in [0.5, 0.6) is 11.5 Å². The second kappa shape index (κ2) is 11.2. The van der Waals surface area contributed by atoms with Crippen molar-refractivity contribution in [2.45, 2.75) is 26.7 Å². The zero-order valence-electron chi connectivity index (χ0n) is 22.4. The van der Waals surface area contributed by atoms with Crippen LogP contribution in [0.3, 0.4) is 0 Å². The molecule has 0 saturated heterocycles. The molecule has 8 nitrogen and oxygen atoms in total. The first kappa shape index (κ1) is 27.4. The van der Waals surface area contributed by atoms with Crippen molar-refractivity contribution in [3.05, 3.63) is 126 Å². The topological polar surface area (TPSA) is 94.0 Å². The number of benzene rings is 3. The van der Waals surface area contributed by atoms with Crippen LogP contribution in [0.25, 0.3) is 11.4 Å². The number of H-pyrrole nitrogens is 2. The third-order valence-electron chi connectivity index (χ3n) is 6.82. The van der Waals surface area contributed by atoms with Crippen LogP contribution in [0.2, 0.25) is 10.0 Å². The molecule has 2 N–H and O–H groups in total. The molecular weight excluding hydrogens is 551 g/mol. The predicted octanol–water partition coefficient (Wildman–Crippen LogP) is 6.16. The number of para-hydroxylation sites is 2. The summed E-state index contributed by atoms with van der Waals surface area (Å²) in [4.78, 5) is 28.2. The molecule has 0 bridgehead atoms. The highest BCUT2D eigenvalue weighted by molar-refractivity contribution is 6.32. The minimum atomic E-state index is -0.760. The summed E-state index contributed by atoms with van der Waals surface area (Å²) in [6.45, 7) is 5.95. The van der Waals surface area contributed by atoms with Crippen molar-refractivity contribution in [1.29, 1.82) is 0 Å². The minimum absolute atomic E-state index is 0.326. The molecule has 10 heteroatoms. The molecule has 5 aromatic rings. The summed E-state index contributed by atoms with van der Waals surface area (Å²) in [5.74, 6) is 0.291. The Labute approximate surface area is 240 Å². The highest BCUT2D eigenvalue weighted by Gasteiger charge is 2.32. The smallest absolute Gasteiger partial charge is 0.275 e. The summed E-state index contributed by atoms with van der Waals surface area (Å²) in [6.07, 6.45) is 0. The van der Waals surface area contributed by atoms with E-state index in [-0.39, 0.29) is 11.1 Å². The molecule has 0 amide bonds. The van der Waals surface area contributed by atoms with E-state index >= 15 is 0 Å². The monoisotopic (exact) mass is 578 g/mol. The number of nitrogens with one attached hydrogen (secondary N) is 2. The molecule has 3 aromatic carbocycles. The lowest BCUT2D eigenvalue weighted by Crippen LogP contribution is -2.25. The third-order valence-corrected chi connectivity index (χ3v) is 7.46. The molecule has 0 radical (unpaired) electrons. The normalized spacial score (nSPS) is 11.3. The summed E-state index contributed by atoms with van der Waals surface area (Å²) < 4.78 is 14.1. The Hall–Kier alpha value is -4.14. The quantitative estimate of drug-likeness (QED) is 0.231. The number of hydrogen-bond donors (Lipinski definition) is 2. The van der Waals surface area contributed by atoms with Gasteiger partial charge in [-0.15, -0.1) is 0 Å². The maximum atomic E-state index is 14.1. The van der Waals surface area contributed by atoms with E-state index in [4.69, 9.17) is 32.7 Å². The van der Waals surface area contributed by atoms with E-state index < -0.39 is 5.92 Å². The van der Waals surface area contributed by atoms with Gasteiger partial charge in [-0.3, -0.25) is 19.8 Å². The number of ether oxygens (including phenoxy) is 2. The van der Waals surface area contributed by atoms with Crippen LogP contribution in [0, 0.1) is 13.8 Å². The van der Waals surface area contributed by atoms with E-state index in [9.17, 15) is 9.59 Å². The maximum absolute atomic E-state index is 14.1. The summed E-state index contributed by atoms with van der Waals surface area (Å²) in [6, 6.07) is 19.6. The highest BCUT2D eigenvalue weighted by Crippen LogP contribution is 2.37. The second-order valence-electron chi connectivity index (χ2n) is 9.26. The van der Waals surface area contributed by atoms with Crippen LogP contribution in [0.4, 0.5) is 0 Å². The summed E-state index contributed by atoms with van der Waals surface area (Å²) in [5, 5.41) is 7.15. The number of methoxy groups -OCH3 is 1. The predicted molar refractivity (Wildman–Crippen MR) is 157 cm³/mol.